The van der Waals surface area contributed by atoms with Gasteiger partial charge in [-0.1, -0.05) is 25.8 Å². The molecule has 1 fully saturated rings. The summed E-state index contributed by atoms with van der Waals surface area (Å²) >= 11 is 0. The van der Waals surface area contributed by atoms with E-state index in [0.29, 0.717) is 11.6 Å². The lowest BCUT2D eigenvalue weighted by Gasteiger charge is -2.36. The van der Waals surface area contributed by atoms with Crippen molar-refractivity contribution < 1.29 is 18.7 Å². The minimum absolute atomic E-state index is 0.321. The zero-order chi connectivity index (χ0) is 20.8. The largest absolute Gasteiger partial charge is 0.505 e. The van der Waals surface area contributed by atoms with Crippen LogP contribution in [0.3, 0.4) is 0 Å². The maximum absolute atomic E-state index is 13.9. The Morgan fingerprint density at radius 2 is 1.85 bits per heavy atom. The lowest BCUT2D eigenvalue weighted by atomic mass is 9.93. The summed E-state index contributed by atoms with van der Waals surface area (Å²) in [6.45, 7) is 8.02. The first-order valence-electron chi connectivity index (χ1n) is 9.36. The smallest absolute Gasteiger partial charge is 0.338 e. The number of nitrogens with zero attached hydrogens (tertiary/aromatic N) is 1. The summed E-state index contributed by atoms with van der Waals surface area (Å²) < 4.78 is 23.0. The van der Waals surface area contributed by atoms with Crippen LogP contribution in [0.2, 0.25) is 0 Å². The van der Waals surface area contributed by atoms with Gasteiger partial charge in [-0.25, -0.2) is 9.18 Å². The molecule has 0 bridgehead atoms. The number of benzene rings is 1. The van der Waals surface area contributed by atoms with Gasteiger partial charge >= 0.3 is 5.97 Å². The highest BCUT2D eigenvalue weighted by Gasteiger charge is 2.24. The Kier molecular flexibility index (Phi) is 13.0. The van der Waals surface area contributed by atoms with Crippen molar-refractivity contribution in [3.63, 3.8) is 0 Å². The van der Waals surface area contributed by atoms with Gasteiger partial charge in [0.25, 0.3) is 0 Å². The molecule has 2 rings (SSSR count). The lowest BCUT2D eigenvalue weighted by Crippen LogP contribution is -2.37. The van der Waals surface area contributed by atoms with Gasteiger partial charge in [0.15, 0.2) is 0 Å². The van der Waals surface area contributed by atoms with E-state index < -0.39 is 5.97 Å². The second kappa shape index (κ2) is 14.0. The Labute approximate surface area is 163 Å². The van der Waals surface area contributed by atoms with Crippen LogP contribution in [0.25, 0.3) is 0 Å². The summed E-state index contributed by atoms with van der Waals surface area (Å²) in [4.78, 5) is 14.1. The topological polar surface area (TPSA) is 64.8 Å². The van der Waals surface area contributed by atoms with Gasteiger partial charge in [0.1, 0.15) is 5.82 Å². The molecule has 0 spiro atoms. The Morgan fingerprint density at radius 3 is 2.30 bits per heavy atom. The molecule has 154 valence electrons. The fraction of sp³-hybridized carbons (Fsp3) is 0.571. The summed E-state index contributed by atoms with van der Waals surface area (Å²) in [5.41, 5.74) is 6.45. The molecule has 0 saturated heterocycles. The maximum atomic E-state index is 13.9. The molecule has 0 atom stereocenters. The summed E-state index contributed by atoms with van der Waals surface area (Å²) in [5.74, 6) is -0.863. The molecule has 0 radical (unpaired) electrons. The summed E-state index contributed by atoms with van der Waals surface area (Å²) in [7, 11) is 4.39. The molecule has 6 heteroatoms. The first kappa shape index (κ1) is 24.9. The molecule has 5 nitrogen and oxygen atoms in total. The Balaban J connectivity index is 0.000000998. The van der Waals surface area contributed by atoms with Crippen LogP contribution >= 0.6 is 0 Å². The number of methoxy groups -OCH3 is 2. The van der Waals surface area contributed by atoms with Crippen molar-refractivity contribution in [1.82, 2.24) is 0 Å². The summed E-state index contributed by atoms with van der Waals surface area (Å²) in [6.07, 6.45) is 7.37. The number of hydrogen-bond donors (Lipinski definition) is 1. The minimum Gasteiger partial charge on any atom is -0.505 e. The van der Waals surface area contributed by atoms with E-state index in [1.54, 1.807) is 13.2 Å². The summed E-state index contributed by atoms with van der Waals surface area (Å²) in [5, 5.41) is 0. The first-order chi connectivity index (χ1) is 13.0. The van der Waals surface area contributed by atoms with Crippen LogP contribution in [0, 0.1) is 12.7 Å². The Morgan fingerprint density at radius 1 is 1.30 bits per heavy atom. The number of halogens is 1. The van der Waals surface area contributed by atoms with Crippen molar-refractivity contribution in [3.05, 3.63) is 41.9 Å². The van der Waals surface area contributed by atoms with E-state index in [9.17, 15) is 9.18 Å². The van der Waals surface area contributed by atoms with Crippen LogP contribution in [-0.4, -0.2) is 39.8 Å². The predicted octanol–water partition coefficient (Wildman–Crippen LogP) is 4.43. The second-order valence-electron chi connectivity index (χ2n) is 6.07. The number of ether oxygens (including phenoxy) is 2. The third-order valence-corrected chi connectivity index (χ3v) is 4.58. The van der Waals surface area contributed by atoms with E-state index in [-0.39, 0.29) is 5.82 Å². The third kappa shape index (κ3) is 7.59. The standard InChI is InChI=1S/C17H24FNO2.C3H6O.CH5N/c1-4-19(14-8-6-5-7-9-14)16-11-13(18)10-15(12(16)2)17(20)21-3;1-3-4-2;1-2/h10-11,14H,4-9H2,1-3H3;3H,1H2,2H3;2H2,1H3. The minimum atomic E-state index is -0.479. The van der Waals surface area contributed by atoms with Crippen LogP contribution in [0.5, 0.6) is 0 Å². The van der Waals surface area contributed by atoms with Gasteiger partial charge in [-0.05, 0) is 51.4 Å². The van der Waals surface area contributed by atoms with E-state index in [1.165, 1.54) is 45.7 Å². The molecule has 1 saturated carbocycles. The van der Waals surface area contributed by atoms with Crippen molar-refractivity contribution in [2.24, 2.45) is 5.73 Å². The predicted molar refractivity (Wildman–Crippen MR) is 110 cm³/mol. The quantitative estimate of drug-likeness (QED) is 0.603. The molecule has 0 amide bonds. The van der Waals surface area contributed by atoms with Gasteiger partial charge in [-0.3, -0.25) is 0 Å². The van der Waals surface area contributed by atoms with E-state index in [1.807, 2.05) is 6.92 Å². The first-order valence-corrected chi connectivity index (χ1v) is 9.36. The Hall–Kier alpha value is -2.08. The fourth-order valence-electron chi connectivity index (χ4n) is 3.30. The van der Waals surface area contributed by atoms with Gasteiger partial charge < -0.3 is 20.1 Å². The SMILES string of the molecule is C=COC.CCN(c1cc(F)cc(C(=O)OC)c1C)C1CCCCC1.CN. The number of anilines is 1. The normalized spacial score (nSPS) is 13.3. The fourth-order valence-corrected chi connectivity index (χ4v) is 3.30. The van der Waals surface area contributed by atoms with Crippen LogP contribution in [0.15, 0.2) is 25.0 Å². The molecule has 2 N–H and O–H groups in total. The molecule has 0 unspecified atom stereocenters. The van der Waals surface area contributed by atoms with Gasteiger partial charge in [-0.15, -0.1) is 0 Å². The van der Waals surface area contributed by atoms with Gasteiger partial charge in [0, 0.05) is 18.3 Å². The molecule has 27 heavy (non-hydrogen) atoms. The molecule has 1 aliphatic rings. The van der Waals surface area contributed by atoms with Crippen molar-refractivity contribution >= 4 is 11.7 Å². The molecular weight excluding hydrogens is 347 g/mol. The molecular formula is C21H35FN2O3. The lowest BCUT2D eigenvalue weighted by molar-refractivity contribution is 0.0599. The zero-order valence-corrected chi connectivity index (χ0v) is 17.4. The van der Waals surface area contributed by atoms with E-state index in [2.05, 4.69) is 28.9 Å². The van der Waals surface area contributed by atoms with Crippen molar-refractivity contribution in [2.75, 3.05) is 32.7 Å². The van der Waals surface area contributed by atoms with E-state index >= 15 is 0 Å². The molecule has 1 aromatic rings. The number of carbonyl (C=O) groups excluding carboxylic acids is 1. The van der Waals surface area contributed by atoms with E-state index in [0.717, 1.165) is 30.6 Å². The van der Waals surface area contributed by atoms with Gasteiger partial charge in [0.05, 0.1) is 26.0 Å². The summed E-state index contributed by atoms with van der Waals surface area (Å²) in [6, 6.07) is 3.24. The van der Waals surface area contributed by atoms with Crippen LogP contribution < -0.4 is 10.6 Å². The molecule has 1 aliphatic carbocycles. The van der Waals surface area contributed by atoms with Crippen molar-refractivity contribution in [2.45, 2.75) is 52.0 Å². The molecule has 0 aliphatic heterocycles. The second-order valence-corrected chi connectivity index (χ2v) is 6.07. The maximum Gasteiger partial charge on any atom is 0.338 e. The average molecular weight is 383 g/mol. The van der Waals surface area contributed by atoms with Gasteiger partial charge in [-0.2, -0.15) is 0 Å². The van der Waals surface area contributed by atoms with Crippen LogP contribution in [-0.2, 0) is 9.47 Å². The highest BCUT2D eigenvalue weighted by molar-refractivity contribution is 5.92. The third-order valence-electron chi connectivity index (χ3n) is 4.58. The average Bonchev–Trinajstić information content (AvgIpc) is 2.72. The zero-order valence-electron chi connectivity index (χ0n) is 17.4. The number of nitrogens with two attached hydrogens (primary N) is 1. The number of rotatable bonds is 5. The van der Waals surface area contributed by atoms with Crippen molar-refractivity contribution in [1.29, 1.82) is 0 Å². The molecule has 0 heterocycles. The van der Waals surface area contributed by atoms with Crippen molar-refractivity contribution in [3.8, 4) is 0 Å². The molecule has 0 aromatic heterocycles. The van der Waals surface area contributed by atoms with Gasteiger partial charge in [0.2, 0.25) is 0 Å². The van der Waals surface area contributed by atoms with Crippen LogP contribution in [0.1, 0.15) is 54.9 Å². The molecule has 1 aromatic carbocycles. The van der Waals surface area contributed by atoms with E-state index in [4.69, 9.17) is 4.74 Å². The highest BCUT2D eigenvalue weighted by Crippen LogP contribution is 2.31. The number of esters is 1. The number of hydrogen-bond acceptors (Lipinski definition) is 5. The highest BCUT2D eigenvalue weighted by atomic mass is 19.1. The Bertz CT molecular complexity index is 573. The van der Waals surface area contributed by atoms with Crippen LogP contribution in [0.4, 0.5) is 10.1 Å². The monoisotopic (exact) mass is 382 g/mol. The number of carbonyl (C=O) groups is 1.